The Morgan fingerprint density at radius 1 is 1.18 bits per heavy atom. The van der Waals surface area contributed by atoms with Gasteiger partial charge in [0.2, 0.25) is 5.78 Å². The average molecular weight is 541 g/mol. The largest absolute Gasteiger partial charge is 0.511 e. The summed E-state index contributed by atoms with van der Waals surface area (Å²) in [6, 6.07) is 1.86. The number of aliphatic hydroxyl groups excluding tert-OH is 2. The SMILES string of the molecule is CN(C)c1cc(CNCC2CCNCC2)c(O)c2c1C[C@H]1C[C@H]3CC(O)=C(C(N)=O)C(=O)[C@@]3(O)C(O)=C1C2=O. The smallest absolute Gasteiger partial charge is 0.255 e. The highest BCUT2D eigenvalue weighted by molar-refractivity contribution is 6.24. The minimum absolute atomic E-state index is 0.0384. The van der Waals surface area contributed by atoms with Crippen LogP contribution in [0.2, 0.25) is 0 Å². The number of phenolic OH excluding ortho intramolecular Hbond substituents is 1. The number of anilines is 1. The van der Waals surface area contributed by atoms with Crippen molar-refractivity contribution in [3.05, 3.63) is 45.4 Å². The Hall–Kier alpha value is -3.41. The van der Waals surface area contributed by atoms with E-state index < -0.39 is 52.0 Å². The van der Waals surface area contributed by atoms with Crippen molar-refractivity contribution in [2.45, 2.75) is 44.2 Å². The second-order valence-corrected chi connectivity index (χ2v) is 11.4. The molecule has 11 nitrogen and oxygen atoms in total. The highest BCUT2D eigenvalue weighted by Gasteiger charge is 2.59. The second kappa shape index (κ2) is 9.96. The maximum atomic E-state index is 13.9. The average Bonchev–Trinajstić information content (AvgIpc) is 2.87. The van der Waals surface area contributed by atoms with E-state index in [4.69, 9.17) is 5.73 Å². The fourth-order valence-corrected chi connectivity index (χ4v) is 6.75. The number of nitrogens with two attached hydrogens (primary N) is 1. The van der Waals surface area contributed by atoms with Crippen molar-refractivity contribution in [2.24, 2.45) is 23.5 Å². The Balaban J connectivity index is 1.54. The van der Waals surface area contributed by atoms with Crippen LogP contribution < -0.4 is 21.3 Å². The number of allylic oxidation sites excluding steroid dienone is 2. The van der Waals surface area contributed by atoms with Crippen LogP contribution in [0.25, 0.3) is 0 Å². The second-order valence-electron chi connectivity index (χ2n) is 11.4. The molecule has 1 heterocycles. The van der Waals surface area contributed by atoms with Gasteiger partial charge >= 0.3 is 0 Å². The van der Waals surface area contributed by atoms with Gasteiger partial charge < -0.3 is 41.7 Å². The van der Waals surface area contributed by atoms with Gasteiger partial charge in [-0.25, -0.2) is 0 Å². The summed E-state index contributed by atoms with van der Waals surface area (Å²) in [6.45, 7) is 3.06. The first-order chi connectivity index (χ1) is 18.5. The molecule has 0 bridgehead atoms. The van der Waals surface area contributed by atoms with Crippen LogP contribution in [0.3, 0.4) is 0 Å². The molecule has 0 saturated carbocycles. The first-order valence-electron chi connectivity index (χ1n) is 13.4. The van der Waals surface area contributed by atoms with Gasteiger partial charge in [0.15, 0.2) is 11.4 Å². The van der Waals surface area contributed by atoms with Gasteiger partial charge in [0.25, 0.3) is 5.91 Å². The molecule has 3 atom stereocenters. The number of aromatic hydroxyl groups is 1. The molecule has 0 unspecified atom stereocenters. The highest BCUT2D eigenvalue weighted by atomic mass is 16.3. The number of hydrogen-bond donors (Lipinski definition) is 7. The lowest BCUT2D eigenvalue weighted by Gasteiger charge is -2.46. The molecule has 1 aromatic carbocycles. The molecular weight excluding hydrogens is 504 g/mol. The number of nitrogens with zero attached hydrogens (tertiary/aromatic N) is 1. The van der Waals surface area contributed by atoms with Crippen molar-refractivity contribution in [1.29, 1.82) is 0 Å². The molecular formula is C28H36N4O7. The molecule has 0 aromatic heterocycles. The Bertz CT molecular complexity index is 1310. The van der Waals surface area contributed by atoms with E-state index in [1.54, 1.807) is 0 Å². The number of benzene rings is 1. The maximum absolute atomic E-state index is 13.9. The maximum Gasteiger partial charge on any atom is 0.255 e. The van der Waals surface area contributed by atoms with E-state index in [2.05, 4.69) is 10.6 Å². The zero-order valence-electron chi connectivity index (χ0n) is 22.2. The molecule has 11 heteroatoms. The summed E-state index contributed by atoms with van der Waals surface area (Å²) in [5.74, 6) is -5.68. The van der Waals surface area contributed by atoms with E-state index in [9.17, 15) is 34.8 Å². The third-order valence-corrected chi connectivity index (χ3v) is 8.81. The van der Waals surface area contributed by atoms with Crippen LogP contribution in [0.15, 0.2) is 28.7 Å². The van der Waals surface area contributed by atoms with Crippen LogP contribution in [0.1, 0.15) is 47.2 Å². The number of fused-ring (bicyclic) bond motifs is 3. The normalized spacial score (nSPS) is 27.3. The number of rotatable bonds is 6. The lowest BCUT2D eigenvalue weighted by molar-refractivity contribution is -0.144. The quantitative estimate of drug-likeness (QED) is 0.254. The molecule has 1 aromatic rings. The third-order valence-electron chi connectivity index (χ3n) is 8.81. The number of aliphatic hydroxyl groups is 3. The topological polar surface area (TPSA) is 185 Å². The molecule has 4 aliphatic rings. The zero-order valence-corrected chi connectivity index (χ0v) is 22.2. The Morgan fingerprint density at radius 2 is 1.87 bits per heavy atom. The molecule has 39 heavy (non-hydrogen) atoms. The number of carbonyl (C=O) groups is 3. The zero-order chi connectivity index (χ0) is 28.2. The van der Waals surface area contributed by atoms with Crippen molar-refractivity contribution in [3.8, 4) is 5.75 Å². The lowest BCUT2D eigenvalue weighted by atomic mass is 9.60. The van der Waals surface area contributed by atoms with E-state index in [0.29, 0.717) is 23.6 Å². The van der Waals surface area contributed by atoms with Crippen LogP contribution in [-0.2, 0) is 22.6 Å². The monoisotopic (exact) mass is 540 g/mol. The minimum atomic E-state index is -2.57. The molecule has 1 saturated heterocycles. The van der Waals surface area contributed by atoms with Crippen molar-refractivity contribution in [1.82, 2.24) is 10.6 Å². The van der Waals surface area contributed by atoms with Crippen LogP contribution >= 0.6 is 0 Å². The molecule has 3 aliphatic carbocycles. The molecule has 0 spiro atoms. The first kappa shape index (κ1) is 27.2. The lowest BCUT2D eigenvalue weighted by Crippen LogP contribution is -2.57. The van der Waals surface area contributed by atoms with Crippen LogP contribution in [0.4, 0.5) is 5.69 Å². The van der Waals surface area contributed by atoms with Crippen LogP contribution in [0, 0.1) is 17.8 Å². The number of piperidine rings is 1. The predicted molar refractivity (Wildman–Crippen MR) is 142 cm³/mol. The molecule has 1 aliphatic heterocycles. The molecule has 5 rings (SSSR count). The summed E-state index contributed by atoms with van der Waals surface area (Å²) < 4.78 is 0. The molecule has 210 valence electrons. The van der Waals surface area contributed by atoms with Gasteiger partial charge in [-0.2, -0.15) is 0 Å². The predicted octanol–water partition coefficient (Wildman–Crippen LogP) is 0.736. The third kappa shape index (κ3) is 4.29. The Labute approximate surface area is 226 Å². The van der Waals surface area contributed by atoms with E-state index in [-0.39, 0.29) is 36.1 Å². The number of nitrogens with one attached hydrogen (secondary N) is 2. The first-order valence-corrected chi connectivity index (χ1v) is 13.4. The number of amides is 1. The number of hydrogen-bond acceptors (Lipinski definition) is 10. The van der Waals surface area contributed by atoms with E-state index in [1.165, 1.54) is 0 Å². The van der Waals surface area contributed by atoms with E-state index in [1.807, 2.05) is 25.1 Å². The van der Waals surface area contributed by atoms with Gasteiger partial charge in [-0.1, -0.05) is 0 Å². The Morgan fingerprint density at radius 3 is 2.51 bits per heavy atom. The fourth-order valence-electron chi connectivity index (χ4n) is 6.75. The number of phenols is 1. The molecule has 1 amide bonds. The number of Topliss-reactive ketones (excluding diaryl/α,β-unsaturated/α-hetero) is 2. The summed E-state index contributed by atoms with van der Waals surface area (Å²) in [5.41, 5.74) is 3.72. The van der Waals surface area contributed by atoms with E-state index >= 15 is 0 Å². The standard InChI is InChI=1S/C28H36N4O7/c1-32(2)18-9-15(12-31-11-13-3-5-30-6-4-13)23(34)21-17(18)8-14-7-16-10-19(33)22(27(29)38)26(37)28(16,39)25(36)20(14)24(21)35/h9,13-14,16,30-31,33-34,36,39H,3-8,10-12H2,1-2H3,(H2,29,38)/t14-,16+,28+/m1/s1. The van der Waals surface area contributed by atoms with Crippen molar-refractivity contribution in [3.63, 3.8) is 0 Å². The van der Waals surface area contributed by atoms with Gasteiger partial charge in [0.05, 0.1) is 5.56 Å². The van der Waals surface area contributed by atoms with Gasteiger partial charge in [0.1, 0.15) is 22.8 Å². The summed E-state index contributed by atoms with van der Waals surface area (Å²) in [7, 11) is 3.69. The molecule has 8 N–H and O–H groups in total. The van der Waals surface area contributed by atoms with Gasteiger partial charge in [-0.3, -0.25) is 14.4 Å². The molecule has 1 fully saturated rings. The summed E-state index contributed by atoms with van der Waals surface area (Å²) >= 11 is 0. The number of ketones is 2. The van der Waals surface area contributed by atoms with Crippen molar-refractivity contribution >= 4 is 23.2 Å². The summed E-state index contributed by atoms with van der Waals surface area (Å²) in [4.78, 5) is 40.8. The Kier molecular flexibility index (Phi) is 6.94. The highest BCUT2D eigenvalue weighted by Crippen LogP contribution is 2.52. The van der Waals surface area contributed by atoms with Crippen LogP contribution in [-0.4, -0.2) is 77.2 Å². The van der Waals surface area contributed by atoms with Gasteiger partial charge in [-0.05, 0) is 68.8 Å². The molecule has 0 radical (unpaired) electrons. The van der Waals surface area contributed by atoms with Crippen LogP contribution in [0.5, 0.6) is 5.75 Å². The van der Waals surface area contributed by atoms with E-state index in [0.717, 1.165) is 38.2 Å². The van der Waals surface area contributed by atoms with Gasteiger partial charge in [0, 0.05) is 49.8 Å². The van der Waals surface area contributed by atoms with Crippen molar-refractivity contribution < 1.29 is 34.8 Å². The minimum Gasteiger partial charge on any atom is -0.511 e. The number of primary amides is 1. The summed E-state index contributed by atoms with van der Waals surface area (Å²) in [5, 5.41) is 51.0. The fraction of sp³-hybridized carbons (Fsp3) is 0.536. The summed E-state index contributed by atoms with van der Waals surface area (Å²) in [6.07, 6.45) is 2.26. The van der Waals surface area contributed by atoms with Crippen molar-refractivity contribution in [2.75, 3.05) is 38.6 Å². The number of carbonyl (C=O) groups excluding carboxylic acids is 3. The van der Waals surface area contributed by atoms with Gasteiger partial charge in [-0.15, -0.1) is 0 Å².